The predicted molar refractivity (Wildman–Crippen MR) is 79.3 cm³/mol. The lowest BCUT2D eigenvalue weighted by molar-refractivity contribution is 0.0594. The van der Waals surface area contributed by atoms with Crippen molar-refractivity contribution in [1.82, 2.24) is 29.6 Å². The van der Waals surface area contributed by atoms with E-state index >= 15 is 0 Å². The third kappa shape index (κ3) is 2.17. The van der Waals surface area contributed by atoms with E-state index in [1.165, 1.54) is 7.11 Å². The number of esters is 1. The van der Waals surface area contributed by atoms with Crippen LogP contribution in [0.5, 0.6) is 0 Å². The molecule has 8 nitrogen and oxygen atoms in total. The van der Waals surface area contributed by atoms with Gasteiger partial charge in [-0.15, -0.1) is 0 Å². The molecule has 3 heterocycles. The largest absolute Gasteiger partial charge is 0.464 e. The molecule has 1 fully saturated rings. The highest BCUT2D eigenvalue weighted by Gasteiger charge is 2.26. The van der Waals surface area contributed by atoms with Gasteiger partial charge in [0.2, 0.25) is 0 Å². The molecule has 0 aliphatic heterocycles. The van der Waals surface area contributed by atoms with Crippen LogP contribution in [0.1, 0.15) is 29.4 Å². The van der Waals surface area contributed by atoms with Gasteiger partial charge in [-0.05, 0) is 34.8 Å². The van der Waals surface area contributed by atoms with Gasteiger partial charge in [0.25, 0.3) is 0 Å². The van der Waals surface area contributed by atoms with Crippen molar-refractivity contribution < 1.29 is 9.53 Å². The summed E-state index contributed by atoms with van der Waals surface area (Å²) in [6, 6.07) is 3.72. The summed E-state index contributed by atoms with van der Waals surface area (Å²) in [5.41, 5.74) is 2.02. The second-order valence-corrected chi connectivity index (χ2v) is 5.85. The van der Waals surface area contributed by atoms with Crippen molar-refractivity contribution in [3.8, 4) is 11.4 Å². The molecule has 0 bridgehead atoms. The van der Waals surface area contributed by atoms with Gasteiger partial charge >= 0.3 is 5.97 Å². The van der Waals surface area contributed by atoms with E-state index in [4.69, 9.17) is 4.74 Å². The van der Waals surface area contributed by atoms with Crippen LogP contribution < -0.4 is 0 Å². The fraction of sp³-hybridized carbons (Fsp3) is 0.308. The first-order valence-electron chi connectivity index (χ1n) is 6.72. The average Bonchev–Trinajstić information content (AvgIpc) is 3.12. The summed E-state index contributed by atoms with van der Waals surface area (Å²) in [6.07, 6.45) is 3.87. The third-order valence-corrected chi connectivity index (χ3v) is 3.82. The molecule has 0 spiro atoms. The fourth-order valence-corrected chi connectivity index (χ4v) is 2.58. The van der Waals surface area contributed by atoms with Crippen molar-refractivity contribution >= 4 is 27.5 Å². The first kappa shape index (κ1) is 13.4. The number of aromatic nitrogens is 6. The molecule has 0 N–H and O–H groups in total. The molecule has 1 aliphatic rings. The number of halogens is 1. The number of fused-ring (bicyclic) bond motifs is 1. The molecule has 0 radical (unpaired) electrons. The summed E-state index contributed by atoms with van der Waals surface area (Å²) in [6.45, 7) is 0. The van der Waals surface area contributed by atoms with Crippen LogP contribution in [-0.4, -0.2) is 42.7 Å². The molecule has 0 saturated heterocycles. The Labute approximate surface area is 133 Å². The van der Waals surface area contributed by atoms with Crippen LogP contribution in [0.4, 0.5) is 0 Å². The number of rotatable bonds is 3. The number of carbonyl (C=O) groups excluding carboxylic acids is 1. The van der Waals surface area contributed by atoms with E-state index in [1.807, 2.05) is 0 Å². The monoisotopic (exact) mass is 362 g/mol. The number of nitrogens with zero attached hydrogens (tertiary/aromatic N) is 6. The second-order valence-electron chi connectivity index (χ2n) is 5.04. The highest BCUT2D eigenvalue weighted by Crippen LogP contribution is 2.34. The zero-order valence-corrected chi connectivity index (χ0v) is 13.2. The van der Waals surface area contributed by atoms with Crippen molar-refractivity contribution in [2.24, 2.45) is 0 Å². The van der Waals surface area contributed by atoms with Crippen molar-refractivity contribution in [2.45, 2.75) is 18.9 Å². The Morgan fingerprint density at radius 3 is 2.91 bits per heavy atom. The van der Waals surface area contributed by atoms with Crippen molar-refractivity contribution in [3.05, 3.63) is 28.6 Å². The zero-order chi connectivity index (χ0) is 15.3. The molecule has 0 aromatic carbocycles. The summed E-state index contributed by atoms with van der Waals surface area (Å²) in [4.78, 5) is 17.8. The van der Waals surface area contributed by atoms with Crippen LogP contribution in [0.15, 0.2) is 22.9 Å². The standard InChI is InChI=1S/C13H11BrN6O2/c1-22-13(21)8-4-10(19-12(16-8)5-11(14)18-19)9-6-15-20(17-9)7-2-3-7/h4-7H,2-3H2,1H3. The average molecular weight is 363 g/mol. The Morgan fingerprint density at radius 1 is 1.36 bits per heavy atom. The van der Waals surface area contributed by atoms with Gasteiger partial charge in [-0.3, -0.25) is 0 Å². The SMILES string of the molecule is COC(=O)c1cc(-c2cnn(C3CC3)n2)n2nc(Br)cc2n1. The molecule has 4 rings (SSSR count). The molecule has 112 valence electrons. The van der Waals surface area contributed by atoms with Crippen LogP contribution in [0, 0.1) is 0 Å². The van der Waals surface area contributed by atoms with Gasteiger partial charge in [-0.1, -0.05) is 0 Å². The third-order valence-electron chi connectivity index (χ3n) is 3.44. The second kappa shape index (κ2) is 4.87. The topological polar surface area (TPSA) is 87.2 Å². The predicted octanol–water partition coefficient (Wildman–Crippen LogP) is 1.87. The van der Waals surface area contributed by atoms with Crippen molar-refractivity contribution in [2.75, 3.05) is 7.11 Å². The Morgan fingerprint density at radius 2 is 2.18 bits per heavy atom. The summed E-state index contributed by atoms with van der Waals surface area (Å²) in [7, 11) is 1.32. The zero-order valence-electron chi connectivity index (χ0n) is 11.6. The number of ether oxygens (including phenoxy) is 1. The van der Waals surface area contributed by atoms with E-state index in [0.717, 1.165) is 12.8 Å². The Bertz CT molecular complexity index is 882. The van der Waals surface area contributed by atoms with Crippen molar-refractivity contribution in [3.63, 3.8) is 0 Å². The Kier molecular flexibility index (Phi) is 2.96. The number of hydrogen-bond acceptors (Lipinski definition) is 6. The van der Waals surface area contributed by atoms with Crippen LogP contribution in [0.3, 0.4) is 0 Å². The molecule has 0 atom stereocenters. The number of hydrogen-bond donors (Lipinski definition) is 0. The van der Waals surface area contributed by atoms with Crippen LogP contribution in [0.25, 0.3) is 17.0 Å². The normalized spacial score (nSPS) is 14.5. The molecule has 3 aromatic heterocycles. The molecule has 0 amide bonds. The number of carbonyl (C=O) groups is 1. The molecular weight excluding hydrogens is 352 g/mol. The quantitative estimate of drug-likeness (QED) is 0.661. The minimum atomic E-state index is -0.504. The van der Waals surface area contributed by atoms with E-state index in [-0.39, 0.29) is 5.69 Å². The Balaban J connectivity index is 1.90. The highest BCUT2D eigenvalue weighted by atomic mass is 79.9. The molecule has 22 heavy (non-hydrogen) atoms. The van der Waals surface area contributed by atoms with Gasteiger partial charge < -0.3 is 4.74 Å². The van der Waals surface area contributed by atoms with E-state index in [9.17, 15) is 4.79 Å². The van der Waals surface area contributed by atoms with Crippen LogP contribution >= 0.6 is 15.9 Å². The maximum Gasteiger partial charge on any atom is 0.356 e. The van der Waals surface area contributed by atoms with Gasteiger partial charge in [0.15, 0.2) is 11.3 Å². The lowest BCUT2D eigenvalue weighted by Crippen LogP contribution is -2.08. The minimum Gasteiger partial charge on any atom is -0.464 e. The Hall–Kier alpha value is -2.29. The van der Waals surface area contributed by atoms with Gasteiger partial charge in [-0.2, -0.15) is 20.1 Å². The summed E-state index contributed by atoms with van der Waals surface area (Å²) < 4.78 is 7.00. The van der Waals surface area contributed by atoms with E-state index in [2.05, 4.69) is 36.2 Å². The van der Waals surface area contributed by atoms with Gasteiger partial charge in [0.05, 0.1) is 25.0 Å². The maximum atomic E-state index is 11.8. The van der Waals surface area contributed by atoms with Crippen LogP contribution in [-0.2, 0) is 4.74 Å². The minimum absolute atomic E-state index is 0.207. The van der Waals surface area contributed by atoms with E-state index < -0.39 is 5.97 Å². The van der Waals surface area contributed by atoms with E-state index in [1.54, 1.807) is 27.6 Å². The molecule has 1 aliphatic carbocycles. The van der Waals surface area contributed by atoms with Gasteiger partial charge in [0.1, 0.15) is 10.3 Å². The van der Waals surface area contributed by atoms with Crippen molar-refractivity contribution in [1.29, 1.82) is 0 Å². The van der Waals surface area contributed by atoms with E-state index in [0.29, 0.717) is 27.7 Å². The smallest absolute Gasteiger partial charge is 0.356 e. The molecular formula is C13H11BrN6O2. The summed E-state index contributed by atoms with van der Waals surface area (Å²) in [5, 5.41) is 13.1. The first-order chi connectivity index (χ1) is 10.7. The van der Waals surface area contributed by atoms with Crippen LogP contribution in [0.2, 0.25) is 0 Å². The summed E-state index contributed by atoms with van der Waals surface area (Å²) >= 11 is 3.32. The molecule has 9 heteroatoms. The summed E-state index contributed by atoms with van der Waals surface area (Å²) in [5.74, 6) is -0.504. The molecule has 0 unspecified atom stereocenters. The number of methoxy groups -OCH3 is 1. The lowest BCUT2D eigenvalue weighted by Gasteiger charge is -2.04. The first-order valence-corrected chi connectivity index (χ1v) is 7.52. The molecule has 3 aromatic rings. The molecule has 1 saturated carbocycles. The van der Waals surface area contributed by atoms with Gasteiger partial charge in [-0.25, -0.2) is 14.3 Å². The highest BCUT2D eigenvalue weighted by molar-refractivity contribution is 9.10. The fourth-order valence-electron chi connectivity index (χ4n) is 2.21. The van der Waals surface area contributed by atoms with Gasteiger partial charge in [0, 0.05) is 6.07 Å². The lowest BCUT2D eigenvalue weighted by atomic mass is 10.2. The maximum absolute atomic E-state index is 11.8.